The summed E-state index contributed by atoms with van der Waals surface area (Å²) in [7, 11) is 0. The minimum absolute atomic E-state index is 0.219. The second-order valence-electron chi connectivity index (χ2n) is 4.36. The highest BCUT2D eigenvalue weighted by molar-refractivity contribution is 5.81. The molecule has 16 heavy (non-hydrogen) atoms. The van der Waals surface area contributed by atoms with Gasteiger partial charge in [-0.2, -0.15) is 5.10 Å². The number of hydrogen-bond donors (Lipinski definition) is 3. The molecule has 2 atom stereocenters. The van der Waals surface area contributed by atoms with Crippen molar-refractivity contribution in [1.82, 2.24) is 10.2 Å². The van der Waals surface area contributed by atoms with Gasteiger partial charge in [0.05, 0.1) is 17.8 Å². The van der Waals surface area contributed by atoms with Crippen LogP contribution in [-0.2, 0) is 6.42 Å². The first-order chi connectivity index (χ1) is 7.58. The first kappa shape index (κ1) is 11.1. The summed E-state index contributed by atoms with van der Waals surface area (Å²) in [5, 5.41) is 17.4. The molecule has 1 aromatic carbocycles. The molecule has 2 rings (SSSR count). The fraction of sp³-hybridized carbons (Fsp3) is 0.417. The molecular formula is C12H17N3O. The summed E-state index contributed by atoms with van der Waals surface area (Å²) < 4.78 is 0. The highest BCUT2D eigenvalue weighted by Crippen LogP contribution is 2.19. The molecule has 4 heteroatoms. The van der Waals surface area contributed by atoms with E-state index < -0.39 is 6.10 Å². The molecule has 0 bridgehead atoms. The van der Waals surface area contributed by atoms with Crippen LogP contribution in [0.2, 0.25) is 0 Å². The quantitative estimate of drug-likeness (QED) is 0.724. The third-order valence-electron chi connectivity index (χ3n) is 2.90. The van der Waals surface area contributed by atoms with Gasteiger partial charge in [0.1, 0.15) is 0 Å². The maximum atomic E-state index is 9.38. The minimum Gasteiger partial charge on any atom is -0.392 e. The summed E-state index contributed by atoms with van der Waals surface area (Å²) in [6.45, 7) is 3.76. The number of aromatic nitrogens is 2. The van der Waals surface area contributed by atoms with Crippen LogP contribution in [0, 0.1) is 6.92 Å². The number of aliphatic hydroxyl groups is 1. The number of aromatic amines is 1. The molecule has 0 aliphatic rings. The standard InChI is InChI=1S/C12H17N3O/c1-7-3-9(5-11(13)8(2)16)4-10-6-14-15-12(7)10/h3-4,6,8,11,16H,5,13H2,1-2H3,(H,14,15)/t8?,11-/m1/s1. The Hall–Kier alpha value is -1.39. The van der Waals surface area contributed by atoms with E-state index in [9.17, 15) is 5.11 Å². The van der Waals surface area contributed by atoms with Gasteiger partial charge < -0.3 is 10.8 Å². The van der Waals surface area contributed by atoms with Crippen LogP contribution in [0.3, 0.4) is 0 Å². The van der Waals surface area contributed by atoms with Crippen LogP contribution >= 0.6 is 0 Å². The number of aryl methyl sites for hydroxylation is 1. The number of aliphatic hydroxyl groups excluding tert-OH is 1. The molecule has 0 saturated carbocycles. The van der Waals surface area contributed by atoms with E-state index in [1.165, 1.54) is 0 Å². The first-order valence-corrected chi connectivity index (χ1v) is 5.44. The van der Waals surface area contributed by atoms with Gasteiger partial charge in [0.15, 0.2) is 0 Å². The summed E-state index contributed by atoms with van der Waals surface area (Å²) in [5.41, 5.74) is 9.20. The molecule has 0 aliphatic heterocycles. The molecule has 4 nitrogen and oxygen atoms in total. The lowest BCUT2D eigenvalue weighted by atomic mass is 9.99. The van der Waals surface area contributed by atoms with Gasteiger partial charge in [-0.05, 0) is 37.5 Å². The zero-order valence-electron chi connectivity index (χ0n) is 9.57. The number of benzene rings is 1. The van der Waals surface area contributed by atoms with Gasteiger partial charge in [-0.15, -0.1) is 0 Å². The van der Waals surface area contributed by atoms with Crippen molar-refractivity contribution >= 4 is 10.9 Å². The zero-order chi connectivity index (χ0) is 11.7. The van der Waals surface area contributed by atoms with E-state index in [2.05, 4.69) is 22.3 Å². The van der Waals surface area contributed by atoms with Crippen molar-refractivity contribution in [2.75, 3.05) is 0 Å². The summed E-state index contributed by atoms with van der Waals surface area (Å²) in [4.78, 5) is 0. The Bertz CT molecular complexity index is 490. The average molecular weight is 219 g/mol. The Labute approximate surface area is 94.5 Å². The van der Waals surface area contributed by atoms with Gasteiger partial charge in [0.2, 0.25) is 0 Å². The van der Waals surface area contributed by atoms with E-state index in [-0.39, 0.29) is 6.04 Å². The highest BCUT2D eigenvalue weighted by atomic mass is 16.3. The van der Waals surface area contributed by atoms with Gasteiger partial charge in [0, 0.05) is 11.4 Å². The predicted octanol–water partition coefficient (Wildman–Crippen LogP) is 1.12. The monoisotopic (exact) mass is 219 g/mol. The second kappa shape index (κ2) is 4.23. The van der Waals surface area contributed by atoms with E-state index in [0.29, 0.717) is 6.42 Å². The van der Waals surface area contributed by atoms with Crippen LogP contribution in [0.25, 0.3) is 10.9 Å². The minimum atomic E-state index is -0.486. The number of hydrogen-bond acceptors (Lipinski definition) is 3. The van der Waals surface area contributed by atoms with Crippen molar-refractivity contribution in [3.05, 3.63) is 29.5 Å². The number of fused-ring (bicyclic) bond motifs is 1. The highest BCUT2D eigenvalue weighted by Gasteiger charge is 2.11. The molecular weight excluding hydrogens is 202 g/mol. The largest absolute Gasteiger partial charge is 0.392 e. The Kier molecular flexibility index (Phi) is 2.94. The van der Waals surface area contributed by atoms with E-state index in [1.54, 1.807) is 13.1 Å². The van der Waals surface area contributed by atoms with E-state index in [1.807, 2.05) is 6.92 Å². The van der Waals surface area contributed by atoms with Gasteiger partial charge >= 0.3 is 0 Å². The number of rotatable bonds is 3. The number of nitrogens with zero attached hydrogens (tertiary/aromatic N) is 1. The fourth-order valence-corrected chi connectivity index (χ4v) is 1.87. The van der Waals surface area contributed by atoms with E-state index in [4.69, 9.17) is 5.73 Å². The molecule has 2 aromatic rings. The van der Waals surface area contributed by atoms with Crippen LogP contribution in [0.4, 0.5) is 0 Å². The van der Waals surface area contributed by atoms with Crippen molar-refractivity contribution in [2.24, 2.45) is 5.73 Å². The summed E-state index contributed by atoms with van der Waals surface area (Å²) >= 11 is 0. The van der Waals surface area contributed by atoms with Gasteiger partial charge in [0.25, 0.3) is 0 Å². The molecule has 1 unspecified atom stereocenters. The maximum absolute atomic E-state index is 9.38. The van der Waals surface area contributed by atoms with Gasteiger partial charge in [-0.25, -0.2) is 0 Å². The lowest BCUT2D eigenvalue weighted by molar-refractivity contribution is 0.163. The lowest BCUT2D eigenvalue weighted by Gasteiger charge is -2.15. The van der Waals surface area contributed by atoms with Crippen molar-refractivity contribution < 1.29 is 5.11 Å². The summed E-state index contributed by atoms with van der Waals surface area (Å²) in [6.07, 6.45) is 2.00. The Morgan fingerprint density at radius 3 is 2.94 bits per heavy atom. The van der Waals surface area contributed by atoms with Crippen LogP contribution in [0.1, 0.15) is 18.1 Å². The fourth-order valence-electron chi connectivity index (χ4n) is 1.87. The van der Waals surface area contributed by atoms with Crippen molar-refractivity contribution in [3.63, 3.8) is 0 Å². The van der Waals surface area contributed by atoms with E-state index >= 15 is 0 Å². The van der Waals surface area contributed by atoms with E-state index in [0.717, 1.165) is 22.0 Å². The second-order valence-corrected chi connectivity index (χ2v) is 4.36. The third-order valence-corrected chi connectivity index (χ3v) is 2.90. The van der Waals surface area contributed by atoms with Crippen molar-refractivity contribution in [3.8, 4) is 0 Å². The molecule has 0 saturated heterocycles. The molecule has 4 N–H and O–H groups in total. The Morgan fingerprint density at radius 2 is 2.25 bits per heavy atom. The number of nitrogens with one attached hydrogen (secondary N) is 1. The van der Waals surface area contributed by atoms with Gasteiger partial charge in [-0.1, -0.05) is 6.07 Å². The molecule has 86 valence electrons. The summed E-state index contributed by atoms with van der Waals surface area (Å²) in [6, 6.07) is 3.93. The SMILES string of the molecule is Cc1cc(C[C@@H](N)C(C)O)cc2cn[nH]c12. The smallest absolute Gasteiger partial charge is 0.0679 e. The van der Waals surface area contributed by atoms with Crippen LogP contribution in [0.5, 0.6) is 0 Å². The molecule has 0 radical (unpaired) electrons. The molecule has 0 fully saturated rings. The van der Waals surface area contributed by atoms with Crippen LogP contribution in [0.15, 0.2) is 18.3 Å². The average Bonchev–Trinajstić information content (AvgIpc) is 2.65. The first-order valence-electron chi connectivity index (χ1n) is 5.44. The molecule has 1 aromatic heterocycles. The molecule has 0 spiro atoms. The predicted molar refractivity (Wildman–Crippen MR) is 64.2 cm³/mol. The molecule has 1 heterocycles. The molecule has 0 amide bonds. The lowest BCUT2D eigenvalue weighted by Crippen LogP contribution is -2.34. The number of nitrogens with two attached hydrogens (primary N) is 1. The number of H-pyrrole nitrogens is 1. The van der Waals surface area contributed by atoms with Gasteiger partial charge in [-0.3, -0.25) is 5.10 Å². The molecule has 0 aliphatic carbocycles. The van der Waals surface area contributed by atoms with Crippen molar-refractivity contribution in [1.29, 1.82) is 0 Å². The van der Waals surface area contributed by atoms with Crippen LogP contribution in [-0.4, -0.2) is 27.4 Å². The summed E-state index contributed by atoms with van der Waals surface area (Å²) in [5.74, 6) is 0. The van der Waals surface area contributed by atoms with Crippen LogP contribution < -0.4 is 5.73 Å². The third kappa shape index (κ3) is 2.08. The maximum Gasteiger partial charge on any atom is 0.0679 e. The Morgan fingerprint density at radius 1 is 1.50 bits per heavy atom. The normalized spacial score (nSPS) is 15.2. The Balaban J connectivity index is 2.31. The topological polar surface area (TPSA) is 74.9 Å². The van der Waals surface area contributed by atoms with Crippen molar-refractivity contribution in [2.45, 2.75) is 32.4 Å². The zero-order valence-corrected chi connectivity index (χ0v) is 9.57.